The van der Waals surface area contributed by atoms with Crippen LogP contribution in [0.5, 0.6) is 0 Å². The molecule has 0 radical (unpaired) electrons. The molecule has 0 saturated carbocycles. The van der Waals surface area contributed by atoms with Crippen LogP contribution in [-0.2, 0) is 23.5 Å². The van der Waals surface area contributed by atoms with Crippen molar-refractivity contribution in [3.8, 4) is 0 Å². The molecule has 0 atom stereocenters. The maximum atomic E-state index is 2.30. The zero-order valence-corrected chi connectivity index (χ0v) is 16.9. The monoisotopic (exact) mass is 398 g/mol. The molecule has 4 aromatic rings. The normalized spacial score (nSPS) is 9.92. The van der Waals surface area contributed by atoms with Gasteiger partial charge < -0.3 is 0 Å². The third kappa shape index (κ3) is 5.29. The van der Waals surface area contributed by atoms with Gasteiger partial charge in [0, 0.05) is 0 Å². The van der Waals surface area contributed by atoms with Gasteiger partial charge in [-0.1, -0.05) is 74.0 Å². The number of hydrogen-bond donors (Lipinski definition) is 0. The van der Waals surface area contributed by atoms with Gasteiger partial charge in [-0.25, -0.2) is 24.3 Å². The molecular weight excluding hydrogens is 375 g/mol. The Kier molecular flexibility index (Phi) is 8.59. The molecule has 26 heavy (non-hydrogen) atoms. The van der Waals surface area contributed by atoms with Crippen LogP contribution in [-0.4, -0.2) is 0 Å². The van der Waals surface area contributed by atoms with Gasteiger partial charge in [0.25, 0.3) is 0 Å². The van der Waals surface area contributed by atoms with Gasteiger partial charge in [0.1, 0.15) is 0 Å². The van der Waals surface area contributed by atoms with Crippen LogP contribution < -0.4 is 15.9 Å². The van der Waals surface area contributed by atoms with E-state index in [9.17, 15) is 0 Å². The van der Waals surface area contributed by atoms with Crippen molar-refractivity contribution in [3.63, 3.8) is 0 Å². The van der Waals surface area contributed by atoms with Crippen LogP contribution in [0.4, 0.5) is 0 Å². The topological polar surface area (TPSA) is 0 Å². The standard InChI is InChI=1S/C19H18P.C5H5.Fe/c1-2-16-10-9-15-19(16)20(17-11-5-3-6-12-17)18-13-7-4-8-14-18;1-2-4-5-3-1;/h3-15H,2H2,1H3;1-5H;/q2*-1;+2. The molecular formula is C24H23FeP. The number of hydrogen-bond acceptors (Lipinski definition) is 0. The summed E-state index contributed by atoms with van der Waals surface area (Å²) in [6.07, 6.45) is 1.10. The third-order valence-electron chi connectivity index (χ3n) is 4.09. The van der Waals surface area contributed by atoms with Crippen LogP contribution >= 0.6 is 7.92 Å². The van der Waals surface area contributed by atoms with Gasteiger partial charge in [0.2, 0.25) is 0 Å². The first kappa shape index (κ1) is 20.4. The van der Waals surface area contributed by atoms with Gasteiger partial charge in [-0.3, -0.25) is 0 Å². The summed E-state index contributed by atoms with van der Waals surface area (Å²) in [6.45, 7) is 2.24. The summed E-state index contributed by atoms with van der Waals surface area (Å²) in [5, 5.41) is 4.35. The maximum absolute atomic E-state index is 2.30. The van der Waals surface area contributed by atoms with Crippen molar-refractivity contribution < 1.29 is 17.1 Å². The zero-order chi connectivity index (χ0) is 17.3. The Balaban J connectivity index is 0.000000351. The molecule has 0 aliphatic carbocycles. The first-order chi connectivity index (χ1) is 12.4. The van der Waals surface area contributed by atoms with Crippen molar-refractivity contribution in [1.82, 2.24) is 0 Å². The summed E-state index contributed by atoms with van der Waals surface area (Å²) in [5.41, 5.74) is 1.48. The molecule has 0 bridgehead atoms. The van der Waals surface area contributed by atoms with Crippen molar-refractivity contribution in [2.75, 3.05) is 0 Å². The predicted octanol–water partition coefficient (Wildman–Crippen LogP) is 5.13. The first-order valence-electron chi connectivity index (χ1n) is 8.71. The fourth-order valence-corrected chi connectivity index (χ4v) is 5.42. The smallest absolute Gasteiger partial charge is 0.214 e. The van der Waals surface area contributed by atoms with Crippen molar-refractivity contribution in [2.24, 2.45) is 0 Å². The van der Waals surface area contributed by atoms with E-state index in [1.54, 1.807) is 0 Å². The molecule has 0 saturated heterocycles. The number of benzene rings is 2. The van der Waals surface area contributed by atoms with Gasteiger partial charge in [0.15, 0.2) is 0 Å². The largest absolute Gasteiger partial charge is 2.00 e. The Hall–Kier alpha value is -1.91. The number of aryl methyl sites for hydroxylation is 1. The minimum absolute atomic E-state index is 0. The Morgan fingerprint density at radius 1 is 0.731 bits per heavy atom. The Morgan fingerprint density at radius 2 is 1.27 bits per heavy atom. The van der Waals surface area contributed by atoms with Gasteiger partial charge in [-0.15, -0.1) is 10.9 Å². The van der Waals surface area contributed by atoms with Gasteiger partial charge in [0.05, 0.1) is 0 Å². The van der Waals surface area contributed by atoms with Crippen LogP contribution in [0.15, 0.2) is 109 Å². The summed E-state index contributed by atoms with van der Waals surface area (Å²) in [5.74, 6) is 0. The van der Waals surface area contributed by atoms with Gasteiger partial charge >= 0.3 is 17.1 Å². The van der Waals surface area contributed by atoms with E-state index >= 15 is 0 Å². The molecule has 0 nitrogen and oxygen atoms in total. The fraction of sp³-hybridized carbons (Fsp3) is 0.0833. The van der Waals surface area contributed by atoms with Crippen molar-refractivity contribution in [2.45, 2.75) is 13.3 Å². The molecule has 0 heterocycles. The molecule has 0 spiro atoms. The molecule has 2 heteroatoms. The average Bonchev–Trinajstić information content (AvgIpc) is 3.39. The summed E-state index contributed by atoms with van der Waals surface area (Å²) in [4.78, 5) is 0. The molecule has 0 aromatic heterocycles. The Bertz CT molecular complexity index is 776. The summed E-state index contributed by atoms with van der Waals surface area (Å²) in [6, 6.07) is 38.5. The third-order valence-corrected chi connectivity index (χ3v) is 6.63. The molecule has 4 aromatic carbocycles. The van der Waals surface area contributed by atoms with Crippen molar-refractivity contribution >= 4 is 23.8 Å². The van der Waals surface area contributed by atoms with E-state index in [0.29, 0.717) is 0 Å². The van der Waals surface area contributed by atoms with E-state index in [1.807, 2.05) is 30.3 Å². The summed E-state index contributed by atoms with van der Waals surface area (Å²) < 4.78 is 0. The van der Waals surface area contributed by atoms with E-state index < -0.39 is 7.92 Å². The zero-order valence-electron chi connectivity index (χ0n) is 14.9. The summed E-state index contributed by atoms with van der Waals surface area (Å²) >= 11 is 0. The van der Waals surface area contributed by atoms with Crippen molar-refractivity contribution in [1.29, 1.82) is 0 Å². The second kappa shape index (κ2) is 10.9. The van der Waals surface area contributed by atoms with Crippen LogP contribution in [0.2, 0.25) is 0 Å². The van der Waals surface area contributed by atoms with Gasteiger partial charge in [-0.05, 0) is 18.5 Å². The van der Waals surface area contributed by atoms with Crippen LogP contribution in [0, 0.1) is 0 Å². The summed E-state index contributed by atoms with van der Waals surface area (Å²) in [7, 11) is -0.436. The molecule has 0 amide bonds. The Labute approximate surface area is 168 Å². The van der Waals surface area contributed by atoms with E-state index in [4.69, 9.17) is 0 Å². The molecule has 0 N–H and O–H groups in total. The molecule has 0 aliphatic rings. The number of rotatable bonds is 4. The average molecular weight is 398 g/mol. The predicted molar refractivity (Wildman–Crippen MR) is 112 cm³/mol. The minimum atomic E-state index is -0.436. The van der Waals surface area contributed by atoms with Crippen LogP contribution in [0.1, 0.15) is 12.5 Å². The molecule has 4 rings (SSSR count). The SMILES string of the molecule is CC[c-]1cccc1P(c1ccccc1)c1ccccc1.[Fe+2].c1cc[cH-]c1. The van der Waals surface area contributed by atoms with Crippen LogP contribution in [0.25, 0.3) is 0 Å². The second-order valence-electron chi connectivity index (χ2n) is 5.76. The second-order valence-corrected chi connectivity index (χ2v) is 7.94. The first-order valence-corrected chi connectivity index (χ1v) is 10.1. The van der Waals surface area contributed by atoms with E-state index in [1.165, 1.54) is 21.5 Å². The molecule has 0 fully saturated rings. The van der Waals surface area contributed by atoms with Crippen molar-refractivity contribution in [3.05, 3.63) is 115 Å². The minimum Gasteiger partial charge on any atom is -0.214 e. The van der Waals surface area contributed by atoms with E-state index in [2.05, 4.69) is 85.8 Å². The van der Waals surface area contributed by atoms with Crippen LogP contribution in [0.3, 0.4) is 0 Å². The van der Waals surface area contributed by atoms with E-state index in [0.717, 1.165) is 6.42 Å². The molecule has 0 unspecified atom stereocenters. The van der Waals surface area contributed by atoms with Gasteiger partial charge in [-0.2, -0.15) is 24.3 Å². The Morgan fingerprint density at radius 3 is 1.69 bits per heavy atom. The van der Waals surface area contributed by atoms with E-state index in [-0.39, 0.29) is 17.1 Å². The molecule has 132 valence electrons. The maximum Gasteiger partial charge on any atom is 2.00 e. The molecule has 0 aliphatic heterocycles. The quantitative estimate of drug-likeness (QED) is 0.254. The fourth-order valence-electron chi connectivity index (χ4n) is 2.87.